The molecule has 1 saturated heterocycles. The molecule has 2 rings (SSSR count). The van der Waals surface area contributed by atoms with Crippen molar-refractivity contribution in [1.29, 1.82) is 0 Å². The maximum absolute atomic E-state index is 4.82. The molecule has 4 nitrogen and oxygen atoms in total. The Morgan fingerprint density at radius 2 is 2.27 bits per heavy atom. The third-order valence-electron chi connectivity index (χ3n) is 3.59. The highest BCUT2D eigenvalue weighted by Crippen LogP contribution is 2.29. The minimum absolute atomic E-state index is 0.305. The summed E-state index contributed by atoms with van der Waals surface area (Å²) in [5.41, 5.74) is 1.18. The predicted octanol–water partition coefficient (Wildman–Crippen LogP) is 3.04. The summed E-state index contributed by atoms with van der Waals surface area (Å²) in [6.07, 6.45) is 1.95. The van der Waals surface area contributed by atoms with Gasteiger partial charge >= 0.3 is 0 Å². The number of aromatic nitrogens is 1. The van der Waals surface area contributed by atoms with Crippen LogP contribution in [0, 0.1) is 0 Å². The Morgan fingerprint density at radius 1 is 1.45 bits per heavy atom. The van der Waals surface area contributed by atoms with Crippen molar-refractivity contribution < 1.29 is 0 Å². The van der Waals surface area contributed by atoms with E-state index in [9.17, 15) is 0 Å². The molecular formula is C16H28N4S2. The van der Waals surface area contributed by atoms with Gasteiger partial charge in [-0.15, -0.1) is 11.3 Å². The third kappa shape index (κ3) is 5.16. The number of aliphatic imine (C=N–C) groups is 1. The Balaban J connectivity index is 1.94. The molecule has 1 aromatic rings. The van der Waals surface area contributed by atoms with Gasteiger partial charge in [0.25, 0.3) is 0 Å². The minimum Gasteiger partial charge on any atom is -0.357 e. The zero-order valence-electron chi connectivity index (χ0n) is 14.2. The van der Waals surface area contributed by atoms with Crippen LogP contribution in [-0.2, 0) is 12.8 Å². The maximum Gasteiger partial charge on any atom is 0.193 e. The Hall–Kier alpha value is -0.750. The summed E-state index contributed by atoms with van der Waals surface area (Å²) >= 11 is 3.81. The molecule has 0 saturated carbocycles. The van der Waals surface area contributed by atoms with Crippen LogP contribution in [0.1, 0.15) is 38.4 Å². The minimum atomic E-state index is 0.305. The molecule has 0 unspecified atom stereocenters. The predicted molar refractivity (Wildman–Crippen MR) is 99.3 cm³/mol. The van der Waals surface area contributed by atoms with Crippen molar-refractivity contribution in [3.8, 4) is 0 Å². The van der Waals surface area contributed by atoms with Crippen LogP contribution < -0.4 is 5.32 Å². The average molecular weight is 341 g/mol. The van der Waals surface area contributed by atoms with Gasteiger partial charge in [0.2, 0.25) is 0 Å². The molecule has 0 amide bonds. The Labute approximate surface area is 142 Å². The largest absolute Gasteiger partial charge is 0.357 e. The van der Waals surface area contributed by atoms with Gasteiger partial charge in [-0.05, 0) is 27.2 Å². The van der Waals surface area contributed by atoms with E-state index in [0.29, 0.717) is 4.75 Å². The van der Waals surface area contributed by atoms with Crippen molar-refractivity contribution in [1.82, 2.24) is 15.2 Å². The molecule has 1 N–H and O–H groups in total. The molecule has 0 atom stereocenters. The highest BCUT2D eigenvalue weighted by molar-refractivity contribution is 8.00. The lowest BCUT2D eigenvalue weighted by Gasteiger charge is -2.39. The van der Waals surface area contributed by atoms with Crippen molar-refractivity contribution in [2.45, 2.75) is 45.3 Å². The summed E-state index contributed by atoms with van der Waals surface area (Å²) in [5, 5.41) is 6.83. The smallest absolute Gasteiger partial charge is 0.193 e. The molecule has 0 aromatic carbocycles. The van der Waals surface area contributed by atoms with Crippen LogP contribution in [-0.4, -0.2) is 52.5 Å². The normalized spacial score (nSPS) is 18.5. The van der Waals surface area contributed by atoms with Crippen LogP contribution in [0.2, 0.25) is 0 Å². The molecule has 22 heavy (non-hydrogen) atoms. The van der Waals surface area contributed by atoms with E-state index in [2.05, 4.69) is 60.0 Å². The molecule has 6 heteroatoms. The number of hydrogen-bond donors (Lipinski definition) is 1. The van der Waals surface area contributed by atoms with Gasteiger partial charge in [-0.2, -0.15) is 11.8 Å². The fraction of sp³-hybridized carbons (Fsp3) is 0.750. The van der Waals surface area contributed by atoms with E-state index in [1.54, 1.807) is 11.3 Å². The number of aryl methyl sites for hydroxylation is 1. The van der Waals surface area contributed by atoms with E-state index < -0.39 is 0 Å². The molecule has 0 aliphatic carbocycles. The first-order valence-electron chi connectivity index (χ1n) is 8.14. The van der Waals surface area contributed by atoms with E-state index in [1.807, 2.05) is 0 Å². The van der Waals surface area contributed by atoms with Gasteiger partial charge in [0, 0.05) is 48.5 Å². The Kier molecular flexibility index (Phi) is 6.56. The topological polar surface area (TPSA) is 40.5 Å². The zero-order chi connectivity index (χ0) is 16.0. The van der Waals surface area contributed by atoms with E-state index in [0.717, 1.165) is 45.0 Å². The number of rotatable bonds is 5. The first-order chi connectivity index (χ1) is 10.5. The van der Waals surface area contributed by atoms with E-state index in [-0.39, 0.29) is 0 Å². The molecule has 0 bridgehead atoms. The number of guanidine groups is 1. The van der Waals surface area contributed by atoms with Gasteiger partial charge in [0.05, 0.1) is 10.7 Å². The van der Waals surface area contributed by atoms with Gasteiger partial charge in [0.15, 0.2) is 5.96 Å². The van der Waals surface area contributed by atoms with Crippen molar-refractivity contribution in [3.63, 3.8) is 0 Å². The van der Waals surface area contributed by atoms with Gasteiger partial charge in [-0.1, -0.05) is 6.92 Å². The van der Waals surface area contributed by atoms with Gasteiger partial charge < -0.3 is 10.2 Å². The molecule has 124 valence electrons. The first kappa shape index (κ1) is 17.6. The van der Waals surface area contributed by atoms with Crippen LogP contribution in [0.25, 0.3) is 0 Å². The summed E-state index contributed by atoms with van der Waals surface area (Å²) < 4.78 is 0.305. The van der Waals surface area contributed by atoms with Crippen molar-refractivity contribution in [3.05, 3.63) is 16.1 Å². The summed E-state index contributed by atoms with van der Waals surface area (Å²) in [7, 11) is 0. The Bertz CT molecular complexity index is 496. The molecule has 1 aromatic heterocycles. The van der Waals surface area contributed by atoms with Crippen molar-refractivity contribution in [2.75, 3.05) is 31.9 Å². The molecule has 2 heterocycles. The maximum atomic E-state index is 4.82. The zero-order valence-corrected chi connectivity index (χ0v) is 15.8. The van der Waals surface area contributed by atoms with Crippen LogP contribution >= 0.6 is 23.1 Å². The summed E-state index contributed by atoms with van der Waals surface area (Å²) in [6.45, 7) is 12.8. The second-order valence-electron chi connectivity index (χ2n) is 6.10. The van der Waals surface area contributed by atoms with Crippen molar-refractivity contribution >= 4 is 29.1 Å². The van der Waals surface area contributed by atoms with E-state index >= 15 is 0 Å². The fourth-order valence-electron chi connectivity index (χ4n) is 2.53. The van der Waals surface area contributed by atoms with Gasteiger partial charge in [-0.3, -0.25) is 4.99 Å². The van der Waals surface area contributed by atoms with Crippen molar-refractivity contribution in [2.24, 2.45) is 4.99 Å². The number of nitrogens with one attached hydrogen (secondary N) is 1. The van der Waals surface area contributed by atoms with E-state index in [1.165, 1.54) is 16.5 Å². The molecular weight excluding hydrogens is 312 g/mol. The number of hydrogen-bond acceptors (Lipinski definition) is 4. The lowest BCUT2D eigenvalue weighted by atomic mass is 10.2. The average Bonchev–Trinajstić information content (AvgIpc) is 2.93. The summed E-state index contributed by atoms with van der Waals surface area (Å²) in [5.74, 6) is 2.23. The molecule has 1 aliphatic rings. The quantitative estimate of drug-likeness (QED) is 0.661. The fourth-order valence-corrected chi connectivity index (χ4v) is 4.42. The van der Waals surface area contributed by atoms with E-state index in [4.69, 9.17) is 4.99 Å². The third-order valence-corrected chi connectivity index (χ3v) is 5.93. The number of nitrogens with zero attached hydrogens (tertiary/aromatic N) is 3. The summed E-state index contributed by atoms with van der Waals surface area (Å²) in [4.78, 5) is 11.8. The number of thioether (sulfide) groups is 1. The van der Waals surface area contributed by atoms with Crippen LogP contribution in [0.5, 0.6) is 0 Å². The van der Waals surface area contributed by atoms with Gasteiger partial charge in [0.1, 0.15) is 0 Å². The lowest BCUT2D eigenvalue weighted by molar-refractivity contribution is 0.376. The monoisotopic (exact) mass is 340 g/mol. The molecule has 1 aliphatic heterocycles. The highest BCUT2D eigenvalue weighted by atomic mass is 32.2. The highest BCUT2D eigenvalue weighted by Gasteiger charge is 2.28. The SMILES string of the molecule is CCNC(=NCCc1csc(CC)n1)N1CCSC(C)(C)C1. The number of thiazole rings is 1. The van der Waals surface area contributed by atoms with Crippen LogP contribution in [0.3, 0.4) is 0 Å². The second kappa shape index (κ2) is 8.20. The van der Waals surface area contributed by atoms with Crippen LogP contribution in [0.4, 0.5) is 0 Å². The lowest BCUT2D eigenvalue weighted by Crippen LogP contribution is -2.51. The molecule has 0 spiro atoms. The Morgan fingerprint density at radius 3 is 2.91 bits per heavy atom. The summed E-state index contributed by atoms with van der Waals surface area (Å²) in [6, 6.07) is 0. The molecule has 1 fully saturated rings. The van der Waals surface area contributed by atoms with Crippen LogP contribution in [0.15, 0.2) is 10.4 Å². The van der Waals surface area contributed by atoms with Gasteiger partial charge in [-0.25, -0.2) is 4.98 Å². The standard InChI is InChI=1S/C16H28N4S2/c1-5-14-19-13(11-21-14)7-8-18-15(17-6-2)20-9-10-22-16(3,4)12-20/h11H,5-10,12H2,1-4H3,(H,17,18). The second-order valence-corrected chi connectivity index (χ2v) is 8.85. The molecule has 0 radical (unpaired) electrons. The first-order valence-corrected chi connectivity index (χ1v) is 10.0.